The second-order valence-corrected chi connectivity index (χ2v) is 7.58. The maximum absolute atomic E-state index is 6.70. The molecular weight excluding hydrogens is 300 g/mol. The first-order chi connectivity index (χ1) is 11.8. The van der Waals surface area contributed by atoms with Gasteiger partial charge in [-0.2, -0.15) is 0 Å². The van der Waals surface area contributed by atoms with Crippen molar-refractivity contribution in [3.8, 4) is 5.75 Å². The summed E-state index contributed by atoms with van der Waals surface area (Å²) in [6, 6.07) is 9.29. The minimum absolute atomic E-state index is 0.0173. The SMILES string of the molecule is CCN1CCC2(CC1)CN(C1CCOCC1)Cc1ccccc1O2. The fourth-order valence-electron chi connectivity index (χ4n) is 4.49. The molecule has 0 aliphatic carbocycles. The highest BCUT2D eigenvalue weighted by atomic mass is 16.5. The molecule has 1 aromatic rings. The van der Waals surface area contributed by atoms with Crippen LogP contribution in [-0.2, 0) is 11.3 Å². The third-order valence-corrected chi connectivity index (χ3v) is 6.09. The van der Waals surface area contributed by atoms with Crippen molar-refractivity contribution in [1.82, 2.24) is 9.80 Å². The molecule has 1 aromatic carbocycles. The summed E-state index contributed by atoms with van der Waals surface area (Å²) in [7, 11) is 0. The lowest BCUT2D eigenvalue weighted by Crippen LogP contribution is -2.55. The molecule has 3 aliphatic heterocycles. The van der Waals surface area contributed by atoms with Crippen LogP contribution in [0.3, 0.4) is 0 Å². The van der Waals surface area contributed by atoms with Crippen molar-refractivity contribution < 1.29 is 9.47 Å². The van der Waals surface area contributed by atoms with Gasteiger partial charge in [-0.05, 0) is 25.5 Å². The molecular formula is C20H30N2O2. The molecule has 4 heteroatoms. The van der Waals surface area contributed by atoms with E-state index in [4.69, 9.17) is 9.47 Å². The third kappa shape index (κ3) is 3.32. The molecule has 0 N–H and O–H groups in total. The zero-order valence-electron chi connectivity index (χ0n) is 14.9. The number of likely N-dealkylation sites (tertiary alicyclic amines) is 1. The van der Waals surface area contributed by atoms with E-state index in [1.807, 2.05) is 0 Å². The van der Waals surface area contributed by atoms with Crippen molar-refractivity contribution in [3.63, 3.8) is 0 Å². The number of fused-ring (bicyclic) bond motifs is 1. The average Bonchev–Trinajstić information content (AvgIpc) is 2.80. The Morgan fingerprint density at radius 2 is 1.88 bits per heavy atom. The van der Waals surface area contributed by atoms with Crippen LogP contribution in [0, 0.1) is 0 Å². The molecule has 3 aliphatic rings. The smallest absolute Gasteiger partial charge is 0.124 e. The van der Waals surface area contributed by atoms with Crippen molar-refractivity contribution in [1.29, 1.82) is 0 Å². The second-order valence-electron chi connectivity index (χ2n) is 7.58. The Morgan fingerprint density at radius 1 is 1.12 bits per heavy atom. The van der Waals surface area contributed by atoms with Crippen LogP contribution in [0.4, 0.5) is 0 Å². The number of benzene rings is 1. The largest absolute Gasteiger partial charge is 0.486 e. The summed E-state index contributed by atoms with van der Waals surface area (Å²) < 4.78 is 12.3. The molecule has 4 nitrogen and oxygen atoms in total. The summed E-state index contributed by atoms with van der Waals surface area (Å²) in [4.78, 5) is 5.24. The molecule has 0 unspecified atom stereocenters. The Bertz CT molecular complexity index is 548. The highest BCUT2D eigenvalue weighted by Crippen LogP contribution is 2.37. The summed E-state index contributed by atoms with van der Waals surface area (Å²) in [5.74, 6) is 1.11. The van der Waals surface area contributed by atoms with E-state index in [-0.39, 0.29) is 5.60 Å². The first kappa shape index (κ1) is 16.4. The Morgan fingerprint density at radius 3 is 2.62 bits per heavy atom. The first-order valence-corrected chi connectivity index (χ1v) is 9.59. The van der Waals surface area contributed by atoms with Crippen LogP contribution in [0.1, 0.15) is 38.2 Å². The number of hydrogen-bond acceptors (Lipinski definition) is 4. The van der Waals surface area contributed by atoms with Gasteiger partial charge in [0.25, 0.3) is 0 Å². The molecule has 0 aromatic heterocycles. The second kappa shape index (κ2) is 7.03. The maximum atomic E-state index is 6.70. The number of piperidine rings is 1. The standard InChI is InChI=1S/C20H30N2O2/c1-2-21-11-9-20(10-12-21)16-22(18-7-13-23-14-8-18)15-17-5-3-4-6-19(17)24-20/h3-6,18H,2,7-16H2,1H3. The summed E-state index contributed by atoms with van der Waals surface area (Å²) >= 11 is 0. The van der Waals surface area contributed by atoms with Crippen LogP contribution < -0.4 is 4.74 Å². The quantitative estimate of drug-likeness (QED) is 0.832. The summed E-state index contributed by atoms with van der Waals surface area (Å²) in [5.41, 5.74) is 1.33. The van der Waals surface area contributed by atoms with Gasteiger partial charge >= 0.3 is 0 Å². The van der Waals surface area contributed by atoms with Gasteiger partial charge in [0.05, 0.1) is 0 Å². The number of para-hydroxylation sites is 1. The Balaban J connectivity index is 1.60. The van der Waals surface area contributed by atoms with Crippen LogP contribution in [0.15, 0.2) is 24.3 Å². The van der Waals surface area contributed by atoms with Crippen molar-refractivity contribution in [3.05, 3.63) is 29.8 Å². The summed E-state index contributed by atoms with van der Waals surface area (Å²) in [6.07, 6.45) is 4.57. The summed E-state index contributed by atoms with van der Waals surface area (Å²) in [5, 5.41) is 0. The molecule has 4 rings (SSSR count). The lowest BCUT2D eigenvalue weighted by atomic mass is 9.89. The minimum Gasteiger partial charge on any atom is -0.486 e. The van der Waals surface area contributed by atoms with Gasteiger partial charge in [0.2, 0.25) is 0 Å². The molecule has 24 heavy (non-hydrogen) atoms. The zero-order valence-corrected chi connectivity index (χ0v) is 14.9. The van der Waals surface area contributed by atoms with Crippen molar-refractivity contribution in [2.75, 3.05) is 39.4 Å². The minimum atomic E-state index is -0.0173. The van der Waals surface area contributed by atoms with E-state index in [0.29, 0.717) is 6.04 Å². The number of hydrogen-bond donors (Lipinski definition) is 0. The van der Waals surface area contributed by atoms with Crippen LogP contribution in [0.2, 0.25) is 0 Å². The molecule has 0 saturated carbocycles. The number of nitrogens with zero attached hydrogens (tertiary/aromatic N) is 2. The van der Waals surface area contributed by atoms with Gasteiger partial charge in [-0.1, -0.05) is 25.1 Å². The van der Waals surface area contributed by atoms with Crippen molar-refractivity contribution in [2.45, 2.75) is 50.8 Å². The summed E-state index contributed by atoms with van der Waals surface area (Å²) in [6.45, 7) is 9.59. The van der Waals surface area contributed by atoms with Gasteiger partial charge in [0.15, 0.2) is 0 Å². The van der Waals surface area contributed by atoms with Crippen LogP contribution in [-0.4, -0.2) is 60.8 Å². The predicted octanol–water partition coefficient (Wildman–Crippen LogP) is 2.91. The number of rotatable bonds is 2. The van der Waals surface area contributed by atoms with Crippen LogP contribution in [0.5, 0.6) is 5.75 Å². The lowest BCUT2D eigenvalue weighted by molar-refractivity contribution is -0.0406. The Hall–Kier alpha value is -1.10. The predicted molar refractivity (Wildman–Crippen MR) is 95.4 cm³/mol. The van der Waals surface area contributed by atoms with E-state index in [1.54, 1.807) is 0 Å². The van der Waals surface area contributed by atoms with E-state index < -0.39 is 0 Å². The molecule has 3 heterocycles. The molecule has 2 saturated heterocycles. The molecule has 132 valence electrons. The Labute approximate surface area is 145 Å². The van der Waals surface area contributed by atoms with Crippen LogP contribution in [0.25, 0.3) is 0 Å². The molecule has 0 radical (unpaired) electrons. The van der Waals surface area contributed by atoms with Gasteiger partial charge in [-0.15, -0.1) is 0 Å². The van der Waals surface area contributed by atoms with Gasteiger partial charge in [0.1, 0.15) is 11.4 Å². The molecule has 0 amide bonds. The average molecular weight is 330 g/mol. The molecule has 0 bridgehead atoms. The van der Waals surface area contributed by atoms with Gasteiger partial charge in [-0.25, -0.2) is 0 Å². The Kier molecular flexibility index (Phi) is 4.79. The molecule has 1 spiro atoms. The highest BCUT2D eigenvalue weighted by Gasteiger charge is 2.42. The fourth-order valence-corrected chi connectivity index (χ4v) is 4.49. The third-order valence-electron chi connectivity index (χ3n) is 6.09. The number of ether oxygens (including phenoxy) is 2. The molecule has 2 fully saturated rings. The fraction of sp³-hybridized carbons (Fsp3) is 0.700. The molecule has 0 atom stereocenters. The van der Waals surface area contributed by atoms with Crippen molar-refractivity contribution >= 4 is 0 Å². The van der Waals surface area contributed by atoms with E-state index in [1.165, 1.54) is 5.56 Å². The maximum Gasteiger partial charge on any atom is 0.124 e. The lowest BCUT2D eigenvalue weighted by Gasteiger charge is -2.44. The topological polar surface area (TPSA) is 24.9 Å². The van der Waals surface area contributed by atoms with Crippen molar-refractivity contribution in [2.24, 2.45) is 0 Å². The zero-order chi connectivity index (χ0) is 16.4. The van der Waals surface area contributed by atoms with E-state index >= 15 is 0 Å². The van der Waals surface area contributed by atoms with E-state index in [2.05, 4.69) is 41.0 Å². The van der Waals surface area contributed by atoms with Crippen LogP contribution >= 0.6 is 0 Å². The van der Waals surface area contributed by atoms with Gasteiger partial charge in [-0.3, -0.25) is 4.90 Å². The van der Waals surface area contributed by atoms with Gasteiger partial charge in [0, 0.05) is 63.8 Å². The monoisotopic (exact) mass is 330 g/mol. The normalized spacial score (nSPS) is 25.9. The highest BCUT2D eigenvalue weighted by molar-refractivity contribution is 5.35. The van der Waals surface area contributed by atoms with E-state index in [0.717, 1.165) is 77.4 Å². The van der Waals surface area contributed by atoms with E-state index in [9.17, 15) is 0 Å². The van der Waals surface area contributed by atoms with Gasteiger partial charge < -0.3 is 14.4 Å². The first-order valence-electron chi connectivity index (χ1n) is 9.59.